The minimum absolute atomic E-state index is 1.20. The summed E-state index contributed by atoms with van der Waals surface area (Å²) >= 11 is 0. The number of hydrogen-bond donors (Lipinski definition) is 0. The summed E-state index contributed by atoms with van der Waals surface area (Å²) in [5, 5.41) is 20.5. The maximum absolute atomic E-state index is 2.65. The van der Waals surface area contributed by atoms with Gasteiger partial charge in [0.1, 0.15) is 0 Å². The van der Waals surface area contributed by atoms with Gasteiger partial charge in [-0.3, -0.25) is 0 Å². The summed E-state index contributed by atoms with van der Waals surface area (Å²) in [6, 6.07) is 5.29. The van der Waals surface area contributed by atoms with E-state index in [2.05, 4.69) is 12.1 Å². The van der Waals surface area contributed by atoms with Crippen molar-refractivity contribution < 1.29 is 0 Å². The first-order valence-corrected chi connectivity index (χ1v) is 14.4. The third-order valence-electron chi connectivity index (χ3n) is 12.1. The molecular weight excluding hydrogens is 432 g/mol. The largest absolute Gasteiger partial charge is 0.0545 e. The molecule has 0 fully saturated rings. The topological polar surface area (TPSA) is 0 Å². The molecule has 166 valence electrons. The van der Waals surface area contributed by atoms with Crippen LogP contribution in [-0.2, 0) is 64.2 Å². The van der Waals surface area contributed by atoms with E-state index in [0.29, 0.717) is 0 Å². The summed E-state index contributed by atoms with van der Waals surface area (Å²) in [5.74, 6) is 0. The van der Waals surface area contributed by atoms with Gasteiger partial charge in [-0.2, -0.15) is 0 Å². The van der Waals surface area contributed by atoms with Gasteiger partial charge in [-0.15, -0.1) is 0 Å². The molecule has 0 amide bonds. The van der Waals surface area contributed by atoms with Crippen LogP contribution in [0.2, 0.25) is 0 Å². The van der Waals surface area contributed by atoms with Crippen LogP contribution in [0.3, 0.4) is 0 Å². The van der Waals surface area contributed by atoms with Crippen LogP contribution in [0, 0.1) is 0 Å². The van der Waals surface area contributed by atoms with Gasteiger partial charge in [-0.25, -0.2) is 0 Å². The lowest BCUT2D eigenvalue weighted by molar-refractivity contribution is 0.972. The maximum atomic E-state index is 2.65. The Morgan fingerprint density at radius 1 is 0.250 bits per heavy atom. The Labute approximate surface area is 207 Å². The molecule has 0 saturated heterocycles. The molecule has 0 atom stereocenters. The van der Waals surface area contributed by atoms with E-state index in [-0.39, 0.29) is 0 Å². The minimum atomic E-state index is 1.20. The van der Waals surface area contributed by atoms with Gasteiger partial charge in [0.15, 0.2) is 0 Å². The summed E-state index contributed by atoms with van der Waals surface area (Å²) in [6.07, 6.45) is 12.5. The number of fused-ring (bicyclic) bond motifs is 4. The molecule has 0 saturated carbocycles. The highest BCUT2D eigenvalue weighted by molar-refractivity contribution is 6.45. The first-order valence-electron chi connectivity index (χ1n) is 14.4. The summed E-state index contributed by atoms with van der Waals surface area (Å²) in [6.45, 7) is 0. The van der Waals surface area contributed by atoms with Crippen molar-refractivity contribution in [2.45, 2.75) is 64.2 Å². The molecule has 0 heteroatoms. The first-order chi connectivity index (χ1) is 17.9. The fourth-order valence-electron chi connectivity index (χ4n) is 11.2. The molecule has 0 aromatic heterocycles. The molecule has 0 aliphatic heterocycles. The summed E-state index contributed by atoms with van der Waals surface area (Å²) in [5.41, 5.74) is 20.7. The normalized spacial score (nSPS) is 19.1. The summed E-state index contributed by atoms with van der Waals surface area (Å²) in [4.78, 5) is 0. The zero-order valence-corrected chi connectivity index (χ0v) is 20.2. The second-order valence-electron chi connectivity index (χ2n) is 13.1. The van der Waals surface area contributed by atoms with Crippen molar-refractivity contribution in [3.05, 3.63) is 78.9 Å². The van der Waals surface area contributed by atoms with Gasteiger partial charge in [-0.1, -0.05) is 12.1 Å². The Kier molecular flexibility index (Phi) is 2.08. The molecule has 0 radical (unpaired) electrons. The van der Waals surface area contributed by atoms with Crippen LogP contribution in [0.4, 0.5) is 0 Å². The maximum Gasteiger partial charge on any atom is -0.000707 e. The fourth-order valence-corrected chi connectivity index (χ4v) is 11.2. The fraction of sp³-hybridized carbons (Fsp3) is 0.278. The van der Waals surface area contributed by atoms with Gasteiger partial charge >= 0.3 is 0 Å². The van der Waals surface area contributed by atoms with Gasteiger partial charge in [0.05, 0.1) is 0 Å². The molecule has 0 nitrogen and oxygen atoms in total. The molecule has 6 aliphatic rings. The van der Waals surface area contributed by atoms with E-state index in [1.165, 1.54) is 64.2 Å². The molecule has 0 bridgehead atoms. The van der Waals surface area contributed by atoms with Crippen molar-refractivity contribution in [2.24, 2.45) is 0 Å². The van der Waals surface area contributed by atoms with E-state index >= 15 is 0 Å². The number of rotatable bonds is 0. The van der Waals surface area contributed by atoms with Gasteiger partial charge < -0.3 is 0 Å². The summed E-state index contributed by atoms with van der Waals surface area (Å²) in [7, 11) is 0. The standard InChI is InChI=1S/C36H22/c1-5-17-21-11-22-19-7-3-15-10-16-4-8-20-24-12-23-18-6-2-14-9-13(1)25(17)33(26(14)18)35-29(21)30(22)36(32(24)31(23)35)34(27(15)19)28(16)20/h9-10H,1-8,11-12H2. The van der Waals surface area contributed by atoms with E-state index in [9.17, 15) is 0 Å². The van der Waals surface area contributed by atoms with Crippen LogP contribution in [0.5, 0.6) is 0 Å². The molecule has 36 heavy (non-hydrogen) atoms. The quantitative estimate of drug-likeness (QED) is 0.163. The zero-order valence-electron chi connectivity index (χ0n) is 20.2. The Morgan fingerprint density at radius 3 is 0.833 bits per heavy atom. The van der Waals surface area contributed by atoms with Gasteiger partial charge in [0.2, 0.25) is 0 Å². The van der Waals surface area contributed by atoms with Crippen molar-refractivity contribution in [1.29, 1.82) is 0 Å². The predicted molar refractivity (Wildman–Crippen MR) is 149 cm³/mol. The van der Waals surface area contributed by atoms with Crippen LogP contribution in [0.15, 0.2) is 12.1 Å². The average Bonchev–Trinajstić information content (AvgIpc) is 3.71. The number of hydrogen-bond acceptors (Lipinski definition) is 0. The number of benzene rings is 7. The van der Waals surface area contributed by atoms with Crippen LogP contribution in [0.1, 0.15) is 66.8 Å². The lowest BCUT2D eigenvalue weighted by Gasteiger charge is -2.21. The highest BCUT2D eigenvalue weighted by Gasteiger charge is 2.41. The Balaban J connectivity index is 1.50. The molecule has 7 aromatic rings. The van der Waals surface area contributed by atoms with Crippen LogP contribution in [-0.4, -0.2) is 0 Å². The first kappa shape index (κ1) is 16.4. The lowest BCUT2D eigenvalue weighted by Crippen LogP contribution is -1.97. The second-order valence-corrected chi connectivity index (χ2v) is 13.1. The van der Waals surface area contributed by atoms with Gasteiger partial charge in [0, 0.05) is 0 Å². The SMILES string of the molecule is c1c2c3c(c4c5c6c(c7c8c(cc9c%10c(c%11c(c%12c(c%13c(c1CC%13)c3c5%12)C%11)c6c8%10)CC9)CC7)C4)CC2. The van der Waals surface area contributed by atoms with Gasteiger partial charge in [-0.05, 0) is 196 Å². The highest BCUT2D eigenvalue weighted by Crippen LogP contribution is 2.62. The van der Waals surface area contributed by atoms with E-state index in [0.717, 1.165) is 0 Å². The minimum Gasteiger partial charge on any atom is -0.0545 e. The van der Waals surface area contributed by atoms with Crippen molar-refractivity contribution in [1.82, 2.24) is 0 Å². The van der Waals surface area contributed by atoms with Gasteiger partial charge in [0.25, 0.3) is 0 Å². The lowest BCUT2D eigenvalue weighted by atomic mass is 9.81. The smallest absolute Gasteiger partial charge is 0.000707 e. The zero-order chi connectivity index (χ0) is 22.3. The van der Waals surface area contributed by atoms with E-state index in [1.54, 1.807) is 131 Å². The Morgan fingerprint density at radius 2 is 0.528 bits per heavy atom. The molecule has 0 unspecified atom stereocenters. The molecule has 13 rings (SSSR count). The van der Waals surface area contributed by atoms with Crippen LogP contribution in [0.25, 0.3) is 64.6 Å². The number of aryl methyl sites for hydroxylation is 8. The molecule has 7 aromatic carbocycles. The van der Waals surface area contributed by atoms with E-state index < -0.39 is 0 Å². The van der Waals surface area contributed by atoms with E-state index in [4.69, 9.17) is 0 Å². The average molecular weight is 455 g/mol. The van der Waals surface area contributed by atoms with Crippen molar-refractivity contribution in [3.63, 3.8) is 0 Å². The molecule has 0 heterocycles. The van der Waals surface area contributed by atoms with Crippen molar-refractivity contribution in [3.8, 4) is 0 Å². The third-order valence-corrected chi connectivity index (χ3v) is 12.1. The molecule has 0 N–H and O–H groups in total. The molecule has 6 aliphatic carbocycles. The third kappa shape index (κ3) is 1.28. The predicted octanol–water partition coefficient (Wildman–Crippen LogP) is 7.68. The second kappa shape index (κ2) is 4.56. The summed E-state index contributed by atoms with van der Waals surface area (Å²) < 4.78 is 0. The van der Waals surface area contributed by atoms with Crippen molar-refractivity contribution >= 4 is 64.6 Å². The van der Waals surface area contributed by atoms with Crippen molar-refractivity contribution in [2.75, 3.05) is 0 Å². The monoisotopic (exact) mass is 454 g/mol. The Hall–Kier alpha value is -3.38. The van der Waals surface area contributed by atoms with Crippen LogP contribution < -0.4 is 0 Å². The molecule has 0 spiro atoms. The molecular formula is C36H22. The van der Waals surface area contributed by atoms with E-state index in [1.807, 2.05) is 0 Å². The Bertz CT molecular complexity index is 2070. The van der Waals surface area contributed by atoms with Crippen LogP contribution >= 0.6 is 0 Å². The highest BCUT2D eigenvalue weighted by atomic mass is 14.4.